The lowest BCUT2D eigenvalue weighted by Gasteiger charge is -2.14. The van der Waals surface area contributed by atoms with Crippen molar-refractivity contribution in [2.75, 3.05) is 24.2 Å². The highest BCUT2D eigenvalue weighted by Crippen LogP contribution is 2.38. The van der Waals surface area contributed by atoms with Crippen molar-refractivity contribution >= 4 is 22.8 Å². The van der Waals surface area contributed by atoms with Gasteiger partial charge in [0.1, 0.15) is 11.6 Å². The number of benzene rings is 1. The zero-order valence-corrected chi connectivity index (χ0v) is 13.2. The van der Waals surface area contributed by atoms with Crippen molar-refractivity contribution in [3.05, 3.63) is 41.7 Å². The predicted molar refractivity (Wildman–Crippen MR) is 87.7 cm³/mol. The van der Waals surface area contributed by atoms with Crippen LogP contribution in [-0.4, -0.2) is 33.2 Å². The monoisotopic (exact) mass is 367 g/mol. The van der Waals surface area contributed by atoms with E-state index in [1.807, 2.05) is 0 Å². The molecular weight excluding hydrogens is 354 g/mol. The molecule has 2 heterocycles. The molecule has 0 bridgehead atoms. The van der Waals surface area contributed by atoms with E-state index in [1.165, 1.54) is 12.1 Å². The van der Waals surface area contributed by atoms with E-state index in [1.54, 1.807) is 0 Å². The van der Waals surface area contributed by atoms with Crippen LogP contribution in [0.2, 0.25) is 0 Å². The third-order valence-electron chi connectivity index (χ3n) is 3.56. The molecule has 26 heavy (non-hydrogen) atoms. The van der Waals surface area contributed by atoms with Gasteiger partial charge in [-0.15, -0.1) is 0 Å². The summed E-state index contributed by atoms with van der Waals surface area (Å²) < 4.78 is 53.8. The third kappa shape index (κ3) is 3.36. The van der Waals surface area contributed by atoms with E-state index in [0.717, 1.165) is 18.2 Å². The lowest BCUT2D eigenvalue weighted by atomic mass is 10.0. The molecule has 0 saturated heterocycles. The number of pyridine rings is 1. The normalized spacial score (nSPS) is 11.7. The molecule has 136 valence electrons. The number of nitrogen functional groups attached to an aromatic ring is 1. The van der Waals surface area contributed by atoms with Crippen molar-refractivity contribution < 1.29 is 22.7 Å². The molecule has 0 aliphatic carbocycles. The molecule has 6 nitrogen and oxygen atoms in total. The summed E-state index contributed by atoms with van der Waals surface area (Å²) in [5.41, 5.74) is 3.58. The van der Waals surface area contributed by atoms with Gasteiger partial charge in [-0.05, 0) is 24.3 Å². The Hall–Kier alpha value is -3.01. The number of nitrogens with zero attached hydrogens (tertiary/aromatic N) is 3. The molecule has 1 aromatic carbocycles. The van der Waals surface area contributed by atoms with Crippen LogP contribution in [0.15, 0.2) is 30.3 Å². The first-order valence-corrected chi connectivity index (χ1v) is 7.46. The van der Waals surface area contributed by atoms with Gasteiger partial charge < -0.3 is 16.2 Å². The first-order valence-electron chi connectivity index (χ1n) is 7.46. The quantitative estimate of drug-likeness (QED) is 0.614. The van der Waals surface area contributed by atoms with Crippen molar-refractivity contribution in [1.82, 2.24) is 15.0 Å². The molecule has 0 unspecified atom stereocenters. The molecule has 0 amide bonds. The molecule has 0 spiro atoms. The minimum atomic E-state index is -4.74. The molecule has 0 aliphatic heterocycles. The molecule has 3 rings (SSSR count). The number of aromatic nitrogens is 3. The van der Waals surface area contributed by atoms with Crippen LogP contribution in [0.25, 0.3) is 22.3 Å². The average molecular weight is 367 g/mol. The molecule has 0 aliphatic rings. The maximum atomic E-state index is 14.2. The lowest BCUT2D eigenvalue weighted by molar-refractivity contribution is -0.137. The largest absolute Gasteiger partial charge is 0.417 e. The van der Waals surface area contributed by atoms with E-state index in [-0.39, 0.29) is 36.3 Å². The van der Waals surface area contributed by atoms with E-state index >= 15 is 0 Å². The average Bonchev–Trinajstić information content (AvgIpc) is 2.58. The fourth-order valence-corrected chi connectivity index (χ4v) is 2.50. The Morgan fingerprint density at radius 1 is 1.08 bits per heavy atom. The number of aliphatic hydroxyl groups excluding tert-OH is 1. The van der Waals surface area contributed by atoms with Crippen molar-refractivity contribution in [2.45, 2.75) is 6.18 Å². The second kappa shape index (κ2) is 6.71. The maximum Gasteiger partial charge on any atom is 0.417 e. The molecule has 10 heteroatoms. The number of alkyl halides is 3. The summed E-state index contributed by atoms with van der Waals surface area (Å²) >= 11 is 0. The number of nitrogens with two attached hydrogens (primary N) is 1. The number of fused-ring (bicyclic) bond motifs is 1. The van der Waals surface area contributed by atoms with Crippen LogP contribution >= 0.6 is 0 Å². The van der Waals surface area contributed by atoms with Crippen molar-refractivity contribution in [2.24, 2.45) is 0 Å². The first kappa shape index (κ1) is 17.8. The van der Waals surface area contributed by atoms with Gasteiger partial charge in [0.05, 0.1) is 23.3 Å². The summed E-state index contributed by atoms with van der Waals surface area (Å²) in [6, 6.07) is 5.37. The van der Waals surface area contributed by atoms with E-state index in [0.29, 0.717) is 5.39 Å². The molecule has 0 fully saturated rings. The third-order valence-corrected chi connectivity index (χ3v) is 3.56. The molecule has 4 N–H and O–H groups in total. The summed E-state index contributed by atoms with van der Waals surface area (Å²) in [6.45, 7) is 0.0138. The van der Waals surface area contributed by atoms with E-state index in [4.69, 9.17) is 10.8 Å². The maximum absolute atomic E-state index is 14.2. The Labute approximate surface area is 144 Å². The number of anilines is 2. The second-order valence-corrected chi connectivity index (χ2v) is 5.31. The Bertz CT molecular complexity index is 961. The first-order chi connectivity index (χ1) is 12.3. The second-order valence-electron chi connectivity index (χ2n) is 5.31. The fourth-order valence-electron chi connectivity index (χ4n) is 2.50. The Morgan fingerprint density at radius 2 is 1.85 bits per heavy atom. The van der Waals surface area contributed by atoms with Crippen LogP contribution in [0.1, 0.15) is 5.56 Å². The van der Waals surface area contributed by atoms with Gasteiger partial charge in [0.2, 0.25) is 5.95 Å². The number of nitrogens with one attached hydrogen (secondary N) is 1. The number of hydrogen-bond acceptors (Lipinski definition) is 6. The van der Waals surface area contributed by atoms with Crippen LogP contribution in [0, 0.1) is 5.82 Å². The minimum absolute atomic E-state index is 0.00631. The SMILES string of the molecule is Nc1nc(NCCO)c2ccc(-c3c(F)cccc3C(F)(F)F)nc2n1. The Morgan fingerprint density at radius 3 is 2.54 bits per heavy atom. The van der Waals surface area contributed by atoms with Gasteiger partial charge in [0.15, 0.2) is 5.65 Å². The fraction of sp³-hybridized carbons (Fsp3) is 0.188. The lowest BCUT2D eigenvalue weighted by Crippen LogP contribution is -2.11. The Kier molecular flexibility index (Phi) is 4.60. The zero-order valence-electron chi connectivity index (χ0n) is 13.2. The smallest absolute Gasteiger partial charge is 0.395 e. The van der Waals surface area contributed by atoms with Crippen LogP contribution in [0.4, 0.5) is 29.3 Å². The van der Waals surface area contributed by atoms with Gasteiger partial charge in [-0.25, -0.2) is 9.37 Å². The van der Waals surface area contributed by atoms with Gasteiger partial charge >= 0.3 is 6.18 Å². The molecule has 0 atom stereocenters. The molecule has 0 saturated carbocycles. The summed E-state index contributed by atoms with van der Waals surface area (Å²) in [6.07, 6.45) is -4.74. The van der Waals surface area contributed by atoms with Crippen LogP contribution < -0.4 is 11.1 Å². The Balaban J connectivity index is 2.20. The topological polar surface area (TPSA) is 97.0 Å². The summed E-state index contributed by atoms with van der Waals surface area (Å²) in [5.74, 6) is -0.940. The molecule has 2 aromatic heterocycles. The number of aliphatic hydroxyl groups is 1. The van der Waals surface area contributed by atoms with Crippen LogP contribution in [0.3, 0.4) is 0 Å². The standard InChI is InChI=1S/C16H13F4N5O/c17-10-3-1-2-9(16(18,19)20)12(10)11-5-4-8-13(22-6-7-26)24-15(21)25-14(8)23-11/h1-5,26H,6-7H2,(H3,21,22,23,24,25). The summed E-state index contributed by atoms with van der Waals surface area (Å²) in [4.78, 5) is 11.9. The van der Waals surface area contributed by atoms with Crippen molar-refractivity contribution in [3.63, 3.8) is 0 Å². The highest BCUT2D eigenvalue weighted by atomic mass is 19.4. The zero-order chi connectivity index (χ0) is 18.9. The highest BCUT2D eigenvalue weighted by Gasteiger charge is 2.35. The van der Waals surface area contributed by atoms with Gasteiger partial charge in [-0.1, -0.05) is 6.07 Å². The van der Waals surface area contributed by atoms with Crippen LogP contribution in [0.5, 0.6) is 0 Å². The number of halogens is 4. The molecule has 0 radical (unpaired) electrons. The molecule has 3 aromatic rings. The van der Waals surface area contributed by atoms with E-state index in [2.05, 4.69) is 20.3 Å². The van der Waals surface area contributed by atoms with Gasteiger partial charge in [-0.2, -0.15) is 23.1 Å². The number of rotatable bonds is 4. The summed E-state index contributed by atoms with van der Waals surface area (Å²) in [7, 11) is 0. The van der Waals surface area contributed by atoms with Crippen LogP contribution in [-0.2, 0) is 6.18 Å². The van der Waals surface area contributed by atoms with Crippen molar-refractivity contribution in [3.8, 4) is 11.3 Å². The minimum Gasteiger partial charge on any atom is -0.395 e. The predicted octanol–water partition coefficient (Wildman–Crippen LogP) is 2.84. The number of hydrogen-bond donors (Lipinski definition) is 3. The van der Waals surface area contributed by atoms with E-state index in [9.17, 15) is 17.6 Å². The molecular formula is C16H13F4N5O. The van der Waals surface area contributed by atoms with Gasteiger partial charge in [0, 0.05) is 12.1 Å². The highest BCUT2D eigenvalue weighted by molar-refractivity contribution is 5.89. The van der Waals surface area contributed by atoms with Crippen molar-refractivity contribution in [1.29, 1.82) is 0 Å². The van der Waals surface area contributed by atoms with Gasteiger partial charge in [0.25, 0.3) is 0 Å². The van der Waals surface area contributed by atoms with Gasteiger partial charge in [-0.3, -0.25) is 0 Å². The summed E-state index contributed by atoms with van der Waals surface area (Å²) in [5, 5.41) is 12.1. The van der Waals surface area contributed by atoms with E-state index < -0.39 is 23.1 Å².